The third kappa shape index (κ3) is 9.47. The van der Waals surface area contributed by atoms with Gasteiger partial charge in [0.2, 0.25) is 0 Å². The van der Waals surface area contributed by atoms with Gasteiger partial charge in [0, 0.05) is 52.5 Å². The van der Waals surface area contributed by atoms with Gasteiger partial charge in [-0.25, -0.2) is 0 Å². The third-order valence-electron chi connectivity index (χ3n) is 5.75. The van der Waals surface area contributed by atoms with Crippen molar-refractivity contribution in [2.24, 2.45) is 4.99 Å². The zero-order chi connectivity index (χ0) is 21.2. The van der Waals surface area contributed by atoms with Crippen molar-refractivity contribution < 1.29 is 9.47 Å². The van der Waals surface area contributed by atoms with Crippen molar-refractivity contribution in [2.45, 2.75) is 57.9 Å². The minimum atomic E-state index is 0. The molecule has 2 heterocycles. The molecule has 0 unspecified atom stereocenters. The van der Waals surface area contributed by atoms with E-state index in [1.165, 1.54) is 16.7 Å². The first kappa shape index (κ1) is 26.1. The molecule has 0 atom stereocenters. The van der Waals surface area contributed by atoms with Crippen LogP contribution in [0.4, 0.5) is 0 Å². The van der Waals surface area contributed by atoms with E-state index in [9.17, 15) is 0 Å². The predicted molar refractivity (Wildman–Crippen MR) is 138 cm³/mol. The van der Waals surface area contributed by atoms with Gasteiger partial charge in [-0.05, 0) is 43.7 Å². The van der Waals surface area contributed by atoms with E-state index in [0.29, 0.717) is 18.8 Å². The molecule has 1 aromatic rings. The molecule has 2 aliphatic heterocycles. The Kier molecular flexibility index (Phi) is 11.9. The summed E-state index contributed by atoms with van der Waals surface area (Å²) in [5.41, 5.74) is 3.69. The summed E-state index contributed by atoms with van der Waals surface area (Å²) in [4.78, 5) is 6.89. The highest BCUT2D eigenvalue weighted by atomic mass is 127. The van der Waals surface area contributed by atoms with E-state index in [2.05, 4.69) is 58.3 Å². The van der Waals surface area contributed by atoms with Crippen molar-refractivity contribution in [3.63, 3.8) is 0 Å². The van der Waals surface area contributed by atoms with Crippen LogP contribution < -0.4 is 10.6 Å². The summed E-state index contributed by atoms with van der Waals surface area (Å²) in [6.07, 6.45) is 4.58. The summed E-state index contributed by atoms with van der Waals surface area (Å²) in [6, 6.07) is 9.07. The second kappa shape index (κ2) is 14.1. The van der Waals surface area contributed by atoms with Gasteiger partial charge in [-0.15, -0.1) is 24.0 Å². The normalized spacial score (nSPS) is 19.0. The van der Waals surface area contributed by atoms with Crippen LogP contribution in [0.2, 0.25) is 0 Å². The van der Waals surface area contributed by atoms with Gasteiger partial charge in [0.1, 0.15) is 0 Å². The Balaban J connectivity index is 0.00000341. The van der Waals surface area contributed by atoms with E-state index in [0.717, 1.165) is 71.0 Å². The molecule has 0 bridgehead atoms. The number of halogens is 1. The summed E-state index contributed by atoms with van der Waals surface area (Å²) < 4.78 is 11.5. The second-order valence-electron chi connectivity index (χ2n) is 8.52. The molecule has 2 saturated heterocycles. The topological polar surface area (TPSA) is 58.1 Å². The van der Waals surface area contributed by atoms with Crippen LogP contribution in [-0.4, -0.2) is 62.9 Å². The van der Waals surface area contributed by atoms with E-state index < -0.39 is 0 Å². The molecule has 6 nitrogen and oxygen atoms in total. The maximum absolute atomic E-state index is 6.06. The van der Waals surface area contributed by atoms with E-state index >= 15 is 0 Å². The number of likely N-dealkylation sites (tertiary alicyclic amines) is 1. The number of benzene rings is 1. The van der Waals surface area contributed by atoms with E-state index in [1.54, 1.807) is 0 Å². The van der Waals surface area contributed by atoms with Gasteiger partial charge >= 0.3 is 0 Å². The van der Waals surface area contributed by atoms with Crippen molar-refractivity contribution in [2.75, 3.05) is 39.9 Å². The molecule has 0 aromatic heterocycles. The number of nitrogens with zero attached hydrogens (tertiary/aromatic N) is 2. The van der Waals surface area contributed by atoms with Crippen LogP contribution in [-0.2, 0) is 22.6 Å². The van der Waals surface area contributed by atoms with Crippen molar-refractivity contribution in [3.8, 4) is 0 Å². The number of aliphatic imine (C=N–C) groups is 1. The Hall–Kier alpha value is -1.16. The fraction of sp³-hybridized carbons (Fsp3) is 0.625. The Morgan fingerprint density at radius 3 is 2.58 bits per heavy atom. The van der Waals surface area contributed by atoms with Gasteiger partial charge in [-0.2, -0.15) is 0 Å². The first-order valence-corrected chi connectivity index (χ1v) is 11.2. The highest BCUT2D eigenvalue weighted by Crippen LogP contribution is 2.15. The summed E-state index contributed by atoms with van der Waals surface area (Å²) in [5.74, 6) is 0.872. The van der Waals surface area contributed by atoms with Gasteiger partial charge in [0.05, 0.1) is 12.7 Å². The van der Waals surface area contributed by atoms with Crippen LogP contribution >= 0.6 is 24.0 Å². The van der Waals surface area contributed by atoms with Crippen LogP contribution in [0.3, 0.4) is 0 Å². The van der Waals surface area contributed by atoms with Crippen LogP contribution in [0.25, 0.3) is 0 Å². The zero-order valence-corrected chi connectivity index (χ0v) is 21.4. The van der Waals surface area contributed by atoms with Crippen molar-refractivity contribution in [3.05, 3.63) is 47.5 Å². The quantitative estimate of drug-likeness (QED) is 0.227. The zero-order valence-electron chi connectivity index (χ0n) is 19.1. The molecule has 0 saturated carbocycles. The number of piperidine rings is 1. The van der Waals surface area contributed by atoms with E-state index in [-0.39, 0.29) is 24.0 Å². The SMILES string of the molecule is C=C(C)CN1CCC(NC(=NC)NCc2cccc(COC3CCOCC3)c2)CC1.I. The molecule has 0 amide bonds. The van der Waals surface area contributed by atoms with Gasteiger partial charge in [-0.3, -0.25) is 9.89 Å². The molecular formula is C24H39IN4O2. The number of guanidine groups is 1. The number of hydrogen-bond acceptors (Lipinski definition) is 4. The Morgan fingerprint density at radius 1 is 1.19 bits per heavy atom. The minimum absolute atomic E-state index is 0. The lowest BCUT2D eigenvalue weighted by atomic mass is 10.0. The molecule has 2 N–H and O–H groups in total. The molecule has 0 spiro atoms. The van der Waals surface area contributed by atoms with Crippen molar-refractivity contribution in [1.82, 2.24) is 15.5 Å². The molecule has 1 aromatic carbocycles. The van der Waals surface area contributed by atoms with E-state index in [4.69, 9.17) is 9.47 Å². The minimum Gasteiger partial charge on any atom is -0.381 e. The van der Waals surface area contributed by atoms with Crippen LogP contribution in [0.15, 0.2) is 41.4 Å². The second-order valence-corrected chi connectivity index (χ2v) is 8.52. The number of hydrogen-bond donors (Lipinski definition) is 2. The number of nitrogens with one attached hydrogen (secondary N) is 2. The third-order valence-corrected chi connectivity index (χ3v) is 5.75. The maximum Gasteiger partial charge on any atom is 0.191 e. The summed E-state index contributed by atoms with van der Waals surface area (Å²) in [5, 5.41) is 7.05. The number of rotatable bonds is 8. The van der Waals surface area contributed by atoms with Gasteiger partial charge in [-0.1, -0.05) is 36.4 Å². The summed E-state index contributed by atoms with van der Waals surface area (Å²) in [7, 11) is 1.84. The average Bonchev–Trinajstić information content (AvgIpc) is 2.77. The molecule has 0 aliphatic carbocycles. The average molecular weight is 543 g/mol. The molecule has 0 radical (unpaired) electrons. The Morgan fingerprint density at radius 2 is 1.90 bits per heavy atom. The standard InChI is InChI=1S/C24H38N4O2.HI/c1-19(2)17-28-11-7-22(8-12-28)27-24(25-3)26-16-20-5-4-6-21(15-20)18-30-23-9-13-29-14-10-23;/h4-6,15,22-23H,1,7-14,16-18H2,2-3H3,(H2,25,26,27);1H. The molecular weight excluding hydrogens is 503 g/mol. The molecule has 2 aliphatic rings. The monoisotopic (exact) mass is 542 g/mol. The molecule has 174 valence electrons. The van der Waals surface area contributed by atoms with Crippen molar-refractivity contribution >= 4 is 29.9 Å². The Bertz CT molecular complexity index is 699. The first-order chi connectivity index (χ1) is 14.6. The van der Waals surface area contributed by atoms with Crippen LogP contribution in [0.1, 0.15) is 43.7 Å². The summed E-state index contributed by atoms with van der Waals surface area (Å²) >= 11 is 0. The first-order valence-electron chi connectivity index (χ1n) is 11.2. The van der Waals surface area contributed by atoms with Crippen molar-refractivity contribution in [1.29, 1.82) is 0 Å². The smallest absolute Gasteiger partial charge is 0.191 e. The Labute approximate surface area is 204 Å². The highest BCUT2D eigenvalue weighted by Gasteiger charge is 2.19. The van der Waals surface area contributed by atoms with E-state index in [1.807, 2.05) is 7.05 Å². The highest BCUT2D eigenvalue weighted by molar-refractivity contribution is 14.0. The molecule has 31 heavy (non-hydrogen) atoms. The fourth-order valence-corrected chi connectivity index (χ4v) is 4.08. The fourth-order valence-electron chi connectivity index (χ4n) is 4.08. The lowest BCUT2D eigenvalue weighted by Crippen LogP contribution is -2.48. The predicted octanol–water partition coefficient (Wildman–Crippen LogP) is 3.71. The molecule has 7 heteroatoms. The maximum atomic E-state index is 6.06. The molecule has 2 fully saturated rings. The lowest BCUT2D eigenvalue weighted by Gasteiger charge is -2.33. The lowest BCUT2D eigenvalue weighted by molar-refractivity contribution is -0.0390. The van der Waals surface area contributed by atoms with Crippen LogP contribution in [0.5, 0.6) is 0 Å². The largest absolute Gasteiger partial charge is 0.381 e. The number of ether oxygens (including phenoxy) is 2. The van der Waals surface area contributed by atoms with Gasteiger partial charge in [0.15, 0.2) is 5.96 Å². The molecule has 3 rings (SSSR count). The van der Waals surface area contributed by atoms with Gasteiger partial charge < -0.3 is 20.1 Å². The summed E-state index contributed by atoms with van der Waals surface area (Å²) in [6.45, 7) is 12.4. The van der Waals surface area contributed by atoms with Crippen LogP contribution in [0, 0.1) is 0 Å². The van der Waals surface area contributed by atoms with Gasteiger partial charge in [0.25, 0.3) is 0 Å².